The lowest BCUT2D eigenvalue weighted by atomic mass is 10.1. The van der Waals surface area contributed by atoms with Crippen LogP contribution in [0.3, 0.4) is 0 Å². The Balaban J connectivity index is 3.07. The third-order valence-electron chi connectivity index (χ3n) is 2.14. The zero-order valence-corrected chi connectivity index (χ0v) is 10.0. The van der Waals surface area contributed by atoms with Gasteiger partial charge in [-0.3, -0.25) is 4.79 Å². The molecule has 0 saturated heterocycles. The van der Waals surface area contributed by atoms with Crippen molar-refractivity contribution in [2.45, 2.75) is 13.1 Å². The number of esters is 1. The number of alkyl halides is 3. The second-order valence-corrected chi connectivity index (χ2v) is 3.59. The molecule has 3 nitrogen and oxygen atoms in total. The molecule has 0 aliphatic carbocycles. The predicted molar refractivity (Wildman–Crippen MR) is 62.5 cm³/mol. The highest BCUT2D eigenvalue weighted by molar-refractivity contribution is 5.87. The van der Waals surface area contributed by atoms with E-state index in [4.69, 9.17) is 0 Å². The first-order valence-electron chi connectivity index (χ1n) is 5.39. The molecule has 0 N–H and O–H groups in total. The minimum Gasteiger partial charge on any atom is -0.463 e. The average Bonchev–Trinajstić information content (AvgIpc) is 2.35. The monoisotopic (exact) mass is 272 g/mol. The summed E-state index contributed by atoms with van der Waals surface area (Å²) in [6.45, 7) is 1.78. The Morgan fingerprint density at radius 3 is 2.42 bits per heavy atom. The van der Waals surface area contributed by atoms with E-state index < -0.39 is 17.7 Å². The van der Waals surface area contributed by atoms with Crippen molar-refractivity contribution in [3.63, 3.8) is 0 Å². The largest absolute Gasteiger partial charge is 0.463 e. The van der Waals surface area contributed by atoms with Crippen molar-refractivity contribution in [3.8, 4) is 0 Å². The summed E-state index contributed by atoms with van der Waals surface area (Å²) in [6.07, 6.45) is -2.06. The van der Waals surface area contributed by atoms with E-state index in [1.807, 2.05) is 0 Å². The molecule has 0 radical (unpaired) electrons. The van der Waals surface area contributed by atoms with E-state index in [2.05, 4.69) is 4.74 Å². The van der Waals surface area contributed by atoms with Gasteiger partial charge >= 0.3 is 12.1 Å². The number of carbonyl (C=O) groups is 2. The van der Waals surface area contributed by atoms with Gasteiger partial charge in [0.15, 0.2) is 0 Å². The molecule has 1 rings (SSSR count). The first-order chi connectivity index (χ1) is 8.86. The van der Waals surface area contributed by atoms with Crippen LogP contribution in [-0.2, 0) is 15.7 Å². The number of hydrogen-bond acceptors (Lipinski definition) is 3. The van der Waals surface area contributed by atoms with Gasteiger partial charge in [0.2, 0.25) is 0 Å². The number of halogens is 3. The Hall–Kier alpha value is -2.11. The second kappa shape index (κ2) is 6.17. The number of carbonyl (C=O) groups excluding carboxylic acids is 2. The molecule has 0 aliphatic rings. The Morgan fingerprint density at radius 2 is 1.89 bits per heavy atom. The van der Waals surface area contributed by atoms with Gasteiger partial charge in [-0.25, -0.2) is 4.79 Å². The van der Waals surface area contributed by atoms with E-state index in [0.29, 0.717) is 6.29 Å². The summed E-state index contributed by atoms with van der Waals surface area (Å²) in [5.74, 6) is -0.660. The molecule has 0 aliphatic heterocycles. The molecular formula is C13H11F3O3. The molecule has 0 saturated carbocycles. The average molecular weight is 272 g/mol. The molecule has 0 bridgehead atoms. The topological polar surface area (TPSA) is 43.4 Å². The summed E-state index contributed by atoms with van der Waals surface area (Å²) in [5.41, 5.74) is -0.955. The Kier molecular flexibility index (Phi) is 4.86. The lowest BCUT2D eigenvalue weighted by Crippen LogP contribution is -2.06. The van der Waals surface area contributed by atoms with Crippen LogP contribution in [0.4, 0.5) is 13.2 Å². The molecule has 0 fully saturated rings. The molecule has 1 aromatic rings. The van der Waals surface area contributed by atoms with Gasteiger partial charge in [0.05, 0.1) is 12.2 Å². The number of benzene rings is 1. The van der Waals surface area contributed by atoms with Gasteiger partial charge in [-0.05, 0) is 36.8 Å². The van der Waals surface area contributed by atoms with Crippen molar-refractivity contribution in [1.82, 2.24) is 0 Å². The van der Waals surface area contributed by atoms with E-state index in [1.54, 1.807) is 6.92 Å². The number of rotatable bonds is 4. The Morgan fingerprint density at radius 1 is 1.26 bits per heavy atom. The van der Waals surface area contributed by atoms with Crippen LogP contribution in [0, 0.1) is 0 Å². The highest BCUT2D eigenvalue weighted by Crippen LogP contribution is 2.30. The van der Waals surface area contributed by atoms with E-state index in [0.717, 1.165) is 18.2 Å². The fourth-order valence-corrected chi connectivity index (χ4v) is 1.36. The van der Waals surface area contributed by atoms with Crippen molar-refractivity contribution >= 4 is 18.3 Å². The zero-order valence-electron chi connectivity index (χ0n) is 10.0. The maximum Gasteiger partial charge on any atom is 0.416 e. The lowest BCUT2D eigenvalue weighted by Gasteiger charge is -2.08. The van der Waals surface area contributed by atoms with Gasteiger partial charge < -0.3 is 4.74 Å². The van der Waals surface area contributed by atoms with Gasteiger partial charge in [0.25, 0.3) is 0 Å². The van der Waals surface area contributed by atoms with Crippen LogP contribution in [0.15, 0.2) is 24.3 Å². The van der Waals surface area contributed by atoms with Crippen LogP contribution in [0.5, 0.6) is 0 Å². The fraction of sp³-hybridized carbons (Fsp3) is 0.231. The standard InChI is InChI=1S/C13H11F3O3/c1-2-19-12(18)4-3-9-5-10(8-17)7-11(6-9)13(14,15)16/h3-8H,2H2,1H3. The van der Waals surface area contributed by atoms with Crippen LogP contribution in [0.25, 0.3) is 6.08 Å². The first kappa shape index (κ1) is 14.9. The summed E-state index contributed by atoms with van der Waals surface area (Å²) in [5, 5.41) is 0. The zero-order chi connectivity index (χ0) is 14.5. The minimum absolute atomic E-state index is 0.102. The molecule has 0 unspecified atom stereocenters. The predicted octanol–water partition coefficient (Wildman–Crippen LogP) is 3.09. The van der Waals surface area contributed by atoms with Crippen LogP contribution >= 0.6 is 0 Å². The number of ether oxygens (including phenoxy) is 1. The number of hydrogen-bond donors (Lipinski definition) is 0. The molecule has 0 amide bonds. The third kappa shape index (κ3) is 4.57. The van der Waals surface area contributed by atoms with Gasteiger partial charge in [-0.2, -0.15) is 13.2 Å². The smallest absolute Gasteiger partial charge is 0.416 e. The van der Waals surface area contributed by atoms with Gasteiger partial charge in [-0.15, -0.1) is 0 Å². The van der Waals surface area contributed by atoms with E-state index in [9.17, 15) is 22.8 Å². The maximum absolute atomic E-state index is 12.6. The molecule has 0 aromatic heterocycles. The Labute approximate surface area is 107 Å². The van der Waals surface area contributed by atoms with Crippen LogP contribution in [0.2, 0.25) is 0 Å². The van der Waals surface area contributed by atoms with Crippen molar-refractivity contribution in [1.29, 1.82) is 0 Å². The normalized spacial score (nSPS) is 11.6. The second-order valence-electron chi connectivity index (χ2n) is 3.59. The third-order valence-corrected chi connectivity index (χ3v) is 2.14. The van der Waals surface area contributed by atoms with Crippen molar-refractivity contribution < 1.29 is 27.5 Å². The lowest BCUT2D eigenvalue weighted by molar-refractivity contribution is -0.138. The molecule has 19 heavy (non-hydrogen) atoms. The van der Waals surface area contributed by atoms with Gasteiger partial charge in [-0.1, -0.05) is 0 Å². The van der Waals surface area contributed by atoms with Crippen LogP contribution in [-0.4, -0.2) is 18.9 Å². The molecule has 6 heteroatoms. The molecular weight excluding hydrogens is 261 g/mol. The maximum atomic E-state index is 12.6. The molecule has 0 heterocycles. The van der Waals surface area contributed by atoms with Crippen molar-refractivity contribution in [3.05, 3.63) is 41.0 Å². The van der Waals surface area contributed by atoms with E-state index in [-0.39, 0.29) is 17.7 Å². The van der Waals surface area contributed by atoms with E-state index in [1.165, 1.54) is 12.1 Å². The van der Waals surface area contributed by atoms with Crippen molar-refractivity contribution in [2.75, 3.05) is 6.61 Å². The van der Waals surface area contributed by atoms with Gasteiger partial charge in [0, 0.05) is 11.6 Å². The Bertz CT molecular complexity index is 504. The minimum atomic E-state index is -4.55. The van der Waals surface area contributed by atoms with Crippen LogP contribution in [0.1, 0.15) is 28.4 Å². The molecule has 0 atom stereocenters. The highest BCUT2D eigenvalue weighted by atomic mass is 19.4. The summed E-state index contributed by atoms with van der Waals surface area (Å²) in [4.78, 5) is 21.6. The number of aldehydes is 1. The molecule has 102 valence electrons. The van der Waals surface area contributed by atoms with Gasteiger partial charge in [0.1, 0.15) is 6.29 Å². The SMILES string of the molecule is CCOC(=O)C=Cc1cc(C=O)cc(C(F)(F)F)c1. The highest BCUT2D eigenvalue weighted by Gasteiger charge is 2.30. The summed E-state index contributed by atoms with van der Waals surface area (Å²) in [7, 11) is 0. The molecule has 0 spiro atoms. The first-order valence-corrected chi connectivity index (χ1v) is 5.39. The summed E-state index contributed by atoms with van der Waals surface area (Å²) >= 11 is 0. The summed E-state index contributed by atoms with van der Waals surface area (Å²) < 4.78 is 42.3. The van der Waals surface area contributed by atoms with E-state index >= 15 is 0 Å². The van der Waals surface area contributed by atoms with Crippen LogP contribution < -0.4 is 0 Å². The van der Waals surface area contributed by atoms with Crippen molar-refractivity contribution in [2.24, 2.45) is 0 Å². The fourth-order valence-electron chi connectivity index (χ4n) is 1.36. The summed E-state index contributed by atoms with van der Waals surface area (Å²) in [6, 6.07) is 2.84. The quantitative estimate of drug-likeness (QED) is 0.480. The molecule has 1 aromatic carbocycles.